The van der Waals surface area contributed by atoms with E-state index in [9.17, 15) is 24.5 Å². The van der Waals surface area contributed by atoms with Crippen molar-refractivity contribution in [1.29, 1.82) is 0 Å². The Hall–Kier alpha value is -3.88. The number of thioether (sulfide) groups is 1. The molecular weight excluding hydrogens is 524 g/mol. The highest BCUT2D eigenvalue weighted by atomic mass is 32.2. The van der Waals surface area contributed by atoms with Crippen molar-refractivity contribution in [3.05, 3.63) is 63.7 Å². The van der Waals surface area contributed by atoms with E-state index < -0.39 is 4.92 Å². The summed E-state index contributed by atoms with van der Waals surface area (Å²) in [5, 5.41) is 21.1. The molecule has 0 saturated heterocycles. The minimum atomic E-state index is -0.482. The summed E-state index contributed by atoms with van der Waals surface area (Å²) in [6, 6.07) is 11.2. The molecule has 0 unspecified atom stereocenters. The number of carbonyl (C=O) groups is 3. The van der Waals surface area contributed by atoms with Crippen LogP contribution in [0, 0.1) is 10.1 Å². The van der Waals surface area contributed by atoms with Gasteiger partial charge in [-0.05, 0) is 24.3 Å². The summed E-state index contributed by atoms with van der Waals surface area (Å²) in [6.45, 7) is 1.41. The molecule has 0 radical (unpaired) electrons. The Balaban J connectivity index is 1.27. The second-order valence-corrected chi connectivity index (χ2v) is 10.5. The Kier molecular flexibility index (Phi) is 7.87. The smallest absolute Gasteiger partial charge is 0.270 e. The fourth-order valence-electron chi connectivity index (χ4n) is 3.05. The number of nitrogens with zero attached hydrogens (tertiary/aromatic N) is 3. The van der Waals surface area contributed by atoms with Crippen molar-refractivity contribution in [1.82, 2.24) is 9.97 Å². The first-order valence-corrected chi connectivity index (χ1v) is 13.0. The summed E-state index contributed by atoms with van der Waals surface area (Å²) in [7, 11) is 0. The Morgan fingerprint density at radius 3 is 2.56 bits per heavy atom. The molecular formula is C22H18N6O5S3. The summed E-state index contributed by atoms with van der Waals surface area (Å²) < 4.78 is 1.25. The van der Waals surface area contributed by atoms with E-state index in [0.717, 1.165) is 11.3 Å². The number of thiazole rings is 2. The van der Waals surface area contributed by atoms with Crippen molar-refractivity contribution < 1.29 is 19.3 Å². The predicted octanol–water partition coefficient (Wildman–Crippen LogP) is 4.53. The zero-order chi connectivity index (χ0) is 25.7. The van der Waals surface area contributed by atoms with Gasteiger partial charge in [-0.3, -0.25) is 24.5 Å². The highest BCUT2D eigenvalue weighted by Crippen LogP contribution is 2.29. The fraction of sp³-hybridized carbons (Fsp3) is 0.136. The van der Waals surface area contributed by atoms with Gasteiger partial charge in [0, 0.05) is 35.8 Å². The molecule has 2 aromatic heterocycles. The van der Waals surface area contributed by atoms with Crippen molar-refractivity contribution >= 4 is 84.6 Å². The van der Waals surface area contributed by atoms with Crippen LogP contribution in [0.15, 0.2) is 52.2 Å². The van der Waals surface area contributed by atoms with E-state index in [4.69, 9.17) is 0 Å². The normalized spacial score (nSPS) is 10.7. The highest BCUT2D eigenvalue weighted by molar-refractivity contribution is 8.01. The first-order valence-electron chi connectivity index (χ1n) is 10.3. The number of non-ortho nitro benzene ring substituents is 1. The third-order valence-corrected chi connectivity index (χ3v) is 7.50. The van der Waals surface area contributed by atoms with Crippen molar-refractivity contribution in [3.63, 3.8) is 0 Å². The van der Waals surface area contributed by atoms with Crippen LogP contribution in [0.25, 0.3) is 10.2 Å². The Bertz CT molecular complexity index is 1470. The van der Waals surface area contributed by atoms with E-state index in [2.05, 4.69) is 25.9 Å². The number of amides is 3. The van der Waals surface area contributed by atoms with Gasteiger partial charge in [-0.25, -0.2) is 9.97 Å². The number of hydrogen-bond acceptors (Lipinski definition) is 10. The molecule has 11 nitrogen and oxygen atoms in total. The summed E-state index contributed by atoms with van der Waals surface area (Å²) in [5.74, 6) is -0.622. The summed E-state index contributed by atoms with van der Waals surface area (Å²) in [4.78, 5) is 55.0. The van der Waals surface area contributed by atoms with Gasteiger partial charge < -0.3 is 16.0 Å². The monoisotopic (exact) mass is 542 g/mol. The number of benzene rings is 2. The molecule has 3 amide bonds. The van der Waals surface area contributed by atoms with Crippen LogP contribution in [0.2, 0.25) is 0 Å². The number of anilines is 3. The standard InChI is InChI=1S/C22H18N6O5S3/c1-12(29)23-13-3-2-4-14(7-13)24-20(31)11-35-22-25-15(10-34-22)8-19(30)27-21-26-17-6-5-16(28(32)33)9-18(17)36-21/h2-7,9-10H,8,11H2,1H3,(H,23,29)(H,24,31)(H,26,27,30). The van der Waals surface area contributed by atoms with Crippen LogP contribution < -0.4 is 16.0 Å². The molecule has 14 heteroatoms. The molecule has 2 aromatic carbocycles. The minimum Gasteiger partial charge on any atom is -0.326 e. The Labute approximate surface area is 216 Å². The number of aromatic nitrogens is 2. The molecule has 0 spiro atoms. The maximum atomic E-state index is 12.4. The van der Waals surface area contributed by atoms with Crippen molar-refractivity contribution in [3.8, 4) is 0 Å². The van der Waals surface area contributed by atoms with E-state index >= 15 is 0 Å². The summed E-state index contributed by atoms with van der Waals surface area (Å²) >= 11 is 3.73. The molecule has 36 heavy (non-hydrogen) atoms. The molecule has 0 atom stereocenters. The molecule has 2 heterocycles. The van der Waals surface area contributed by atoms with Crippen LogP contribution in [0.5, 0.6) is 0 Å². The van der Waals surface area contributed by atoms with Gasteiger partial charge in [0.2, 0.25) is 17.7 Å². The first-order chi connectivity index (χ1) is 17.2. The van der Waals surface area contributed by atoms with Crippen molar-refractivity contribution in [2.45, 2.75) is 17.7 Å². The van der Waals surface area contributed by atoms with E-state index in [1.807, 2.05) is 0 Å². The largest absolute Gasteiger partial charge is 0.326 e. The molecule has 0 aliphatic carbocycles. The number of rotatable bonds is 9. The minimum absolute atomic E-state index is 0.0231. The third-order valence-electron chi connectivity index (χ3n) is 4.49. The van der Waals surface area contributed by atoms with Gasteiger partial charge in [-0.2, -0.15) is 0 Å². The van der Waals surface area contributed by atoms with Gasteiger partial charge in [0.15, 0.2) is 9.47 Å². The first kappa shape index (κ1) is 25.2. The second-order valence-electron chi connectivity index (χ2n) is 7.36. The summed E-state index contributed by atoms with van der Waals surface area (Å²) in [5.41, 5.74) is 2.23. The SMILES string of the molecule is CC(=O)Nc1cccc(NC(=O)CSc2nc(CC(=O)Nc3nc4ccc([N+](=O)[O-])cc4s3)cs2)c1. The predicted molar refractivity (Wildman–Crippen MR) is 141 cm³/mol. The molecule has 0 aliphatic rings. The molecule has 0 bridgehead atoms. The van der Waals surface area contributed by atoms with Crippen LogP contribution in [-0.2, 0) is 20.8 Å². The van der Waals surface area contributed by atoms with Crippen LogP contribution in [-0.4, -0.2) is 38.4 Å². The van der Waals surface area contributed by atoms with Crippen LogP contribution in [0.3, 0.4) is 0 Å². The maximum Gasteiger partial charge on any atom is 0.270 e. The number of nitrogens with one attached hydrogen (secondary N) is 3. The van der Waals surface area contributed by atoms with Gasteiger partial charge in [0.1, 0.15) is 0 Å². The van der Waals surface area contributed by atoms with E-state index in [1.54, 1.807) is 35.7 Å². The lowest BCUT2D eigenvalue weighted by Crippen LogP contribution is -2.15. The fourth-order valence-corrected chi connectivity index (χ4v) is 5.61. The topological polar surface area (TPSA) is 156 Å². The quantitative estimate of drug-likeness (QED) is 0.158. The Morgan fingerprint density at radius 1 is 1.03 bits per heavy atom. The van der Waals surface area contributed by atoms with E-state index in [0.29, 0.717) is 36.8 Å². The van der Waals surface area contributed by atoms with Gasteiger partial charge in [-0.15, -0.1) is 11.3 Å². The van der Waals surface area contributed by atoms with Gasteiger partial charge in [-0.1, -0.05) is 29.2 Å². The van der Waals surface area contributed by atoms with Crippen LogP contribution in [0.4, 0.5) is 22.2 Å². The lowest BCUT2D eigenvalue weighted by Gasteiger charge is -2.07. The van der Waals surface area contributed by atoms with Gasteiger partial charge in [0.25, 0.3) is 5.69 Å². The van der Waals surface area contributed by atoms with E-state index in [1.165, 1.54) is 42.2 Å². The zero-order valence-electron chi connectivity index (χ0n) is 18.6. The zero-order valence-corrected chi connectivity index (χ0v) is 21.1. The molecule has 0 aliphatic heterocycles. The van der Waals surface area contributed by atoms with Crippen LogP contribution >= 0.6 is 34.4 Å². The number of fused-ring (bicyclic) bond motifs is 1. The van der Waals surface area contributed by atoms with Crippen molar-refractivity contribution in [2.75, 3.05) is 21.7 Å². The molecule has 4 rings (SSSR count). The third kappa shape index (κ3) is 6.84. The number of nitro benzene ring substituents is 1. The van der Waals surface area contributed by atoms with Gasteiger partial charge in [0.05, 0.1) is 33.0 Å². The molecule has 0 saturated carbocycles. The number of carbonyl (C=O) groups excluding carboxylic acids is 3. The molecule has 4 aromatic rings. The summed E-state index contributed by atoms with van der Waals surface area (Å²) in [6.07, 6.45) is 0.0231. The average molecular weight is 543 g/mol. The molecule has 3 N–H and O–H groups in total. The Morgan fingerprint density at radius 2 is 1.81 bits per heavy atom. The van der Waals surface area contributed by atoms with Crippen LogP contribution in [0.1, 0.15) is 12.6 Å². The van der Waals surface area contributed by atoms with E-state index in [-0.39, 0.29) is 35.6 Å². The lowest BCUT2D eigenvalue weighted by molar-refractivity contribution is -0.384. The van der Waals surface area contributed by atoms with Crippen molar-refractivity contribution in [2.24, 2.45) is 0 Å². The maximum absolute atomic E-state index is 12.4. The number of hydrogen-bond donors (Lipinski definition) is 3. The lowest BCUT2D eigenvalue weighted by atomic mass is 10.2. The second kappa shape index (κ2) is 11.2. The van der Waals surface area contributed by atoms with Gasteiger partial charge >= 0.3 is 0 Å². The number of nitro groups is 1. The highest BCUT2D eigenvalue weighted by Gasteiger charge is 2.14. The molecule has 0 fully saturated rings. The average Bonchev–Trinajstić information content (AvgIpc) is 3.42. The molecule has 184 valence electrons.